The van der Waals surface area contributed by atoms with Crippen molar-refractivity contribution < 1.29 is 27.9 Å². The van der Waals surface area contributed by atoms with Crippen LogP contribution >= 0.6 is 0 Å². The van der Waals surface area contributed by atoms with Gasteiger partial charge < -0.3 is 10.5 Å². The van der Waals surface area contributed by atoms with Crippen LogP contribution in [0.5, 0.6) is 0 Å². The molecular formula is C33H32N2O2RuS. The summed E-state index contributed by atoms with van der Waals surface area (Å²) in [7, 11) is -3.91. The summed E-state index contributed by atoms with van der Waals surface area (Å²) in [4.78, 5) is 0.164. The van der Waals surface area contributed by atoms with Crippen LogP contribution in [-0.4, -0.2) is 8.42 Å². The second-order valence-corrected chi connectivity index (χ2v) is 11.0. The van der Waals surface area contributed by atoms with E-state index in [2.05, 4.69) is 43.7 Å². The van der Waals surface area contributed by atoms with Crippen LogP contribution in [0, 0.1) is 26.8 Å². The molecule has 4 nitrogen and oxygen atoms in total. The van der Waals surface area contributed by atoms with Crippen LogP contribution in [0.15, 0.2) is 120 Å². The maximum atomic E-state index is 13.2. The predicted molar refractivity (Wildman–Crippen MR) is 157 cm³/mol. The van der Waals surface area contributed by atoms with E-state index in [4.69, 9.17) is 5.73 Å². The van der Waals surface area contributed by atoms with Gasteiger partial charge >= 0.3 is 19.5 Å². The molecule has 0 spiro atoms. The van der Waals surface area contributed by atoms with Gasteiger partial charge in [0, 0.05) is 10.9 Å². The molecule has 2 N–H and O–H groups in total. The Morgan fingerprint density at radius 1 is 0.667 bits per heavy atom. The minimum Gasteiger partial charge on any atom is -0.537 e. The van der Waals surface area contributed by atoms with Gasteiger partial charge in [0.1, 0.15) is 10.0 Å². The van der Waals surface area contributed by atoms with E-state index in [1.165, 1.54) is 16.7 Å². The topological polar surface area (TPSA) is 74.3 Å². The van der Waals surface area contributed by atoms with E-state index in [9.17, 15) is 8.42 Å². The third-order valence-electron chi connectivity index (χ3n) is 6.22. The monoisotopic (exact) mass is 622 g/mol. The van der Waals surface area contributed by atoms with Crippen molar-refractivity contribution in [3.63, 3.8) is 0 Å². The Morgan fingerprint density at radius 2 is 1.18 bits per heavy atom. The van der Waals surface area contributed by atoms with E-state index in [0.717, 1.165) is 21.9 Å². The van der Waals surface area contributed by atoms with E-state index >= 15 is 0 Å². The van der Waals surface area contributed by atoms with Crippen LogP contribution in [0.4, 0.5) is 0 Å². The van der Waals surface area contributed by atoms with Crippen LogP contribution in [0.2, 0.25) is 0 Å². The number of aryl methyl sites for hydroxylation is 3. The van der Waals surface area contributed by atoms with Crippen LogP contribution in [0.3, 0.4) is 0 Å². The van der Waals surface area contributed by atoms with Crippen molar-refractivity contribution in [1.29, 1.82) is 0 Å². The summed E-state index contributed by atoms with van der Waals surface area (Å²) in [6.07, 6.45) is 0. The van der Waals surface area contributed by atoms with Crippen molar-refractivity contribution in [3.8, 4) is 0 Å². The van der Waals surface area contributed by atoms with Gasteiger partial charge in [0.25, 0.3) is 0 Å². The van der Waals surface area contributed by atoms with Gasteiger partial charge in [0.05, 0.1) is 0 Å². The summed E-state index contributed by atoms with van der Waals surface area (Å²) in [6, 6.07) is 37.6. The summed E-state index contributed by atoms with van der Waals surface area (Å²) in [5, 5.41) is 1.83. The molecule has 0 aliphatic heterocycles. The molecule has 0 saturated carbocycles. The van der Waals surface area contributed by atoms with Gasteiger partial charge in [-0.1, -0.05) is 123 Å². The summed E-state index contributed by atoms with van der Waals surface area (Å²) in [5.41, 5.74) is 11.9. The van der Waals surface area contributed by atoms with Crippen LogP contribution < -0.4 is 5.73 Å². The normalized spacial score (nSPS) is 12.5. The molecule has 5 rings (SSSR count). The van der Waals surface area contributed by atoms with Gasteiger partial charge in [0.15, 0.2) is 0 Å². The van der Waals surface area contributed by atoms with Crippen molar-refractivity contribution in [2.75, 3.05) is 0 Å². The Hall–Kier alpha value is -3.15. The second kappa shape index (κ2) is 13.8. The number of nitrogens with zero attached hydrogens (tertiary/aromatic N) is 1. The van der Waals surface area contributed by atoms with Crippen molar-refractivity contribution in [3.05, 3.63) is 154 Å². The first-order chi connectivity index (χ1) is 18.2. The first kappa shape index (κ1) is 30.4. The Morgan fingerprint density at radius 3 is 1.74 bits per heavy atom. The molecule has 0 saturated heterocycles. The molecular weight excluding hydrogens is 590 g/mol. The van der Waals surface area contributed by atoms with Gasteiger partial charge in [-0.3, -0.25) is 0 Å². The van der Waals surface area contributed by atoms with E-state index < -0.39 is 22.1 Å². The Bertz CT molecular complexity index is 1560. The number of rotatable bonds is 6. The molecule has 0 bridgehead atoms. The fraction of sp³-hybridized carbons (Fsp3) is 0.152. The van der Waals surface area contributed by atoms with Gasteiger partial charge in [-0.05, 0) is 28.5 Å². The quantitative estimate of drug-likeness (QED) is 0.156. The largest absolute Gasteiger partial charge is 2.00 e. The first-order valence-electron chi connectivity index (χ1n) is 12.5. The Balaban J connectivity index is 0.000000359. The van der Waals surface area contributed by atoms with Crippen LogP contribution in [0.25, 0.3) is 15.5 Å². The third kappa shape index (κ3) is 8.17. The molecule has 2 unspecified atom stereocenters. The van der Waals surface area contributed by atoms with Gasteiger partial charge in [0.2, 0.25) is 0 Å². The fourth-order valence-electron chi connectivity index (χ4n) is 4.49. The molecule has 0 heterocycles. The molecule has 5 aromatic rings. The molecule has 39 heavy (non-hydrogen) atoms. The van der Waals surface area contributed by atoms with E-state index in [0.29, 0.717) is 0 Å². The molecule has 6 heteroatoms. The molecule has 0 radical (unpaired) electrons. The summed E-state index contributed by atoms with van der Waals surface area (Å²) in [6.45, 7) is 6.24. The zero-order valence-electron chi connectivity index (χ0n) is 22.2. The molecule has 2 atom stereocenters. The van der Waals surface area contributed by atoms with Gasteiger partial charge in [-0.2, -0.15) is 34.9 Å². The molecule has 0 aromatic heterocycles. The zero-order valence-corrected chi connectivity index (χ0v) is 24.8. The summed E-state index contributed by atoms with van der Waals surface area (Å²) < 4.78 is 30.6. The average molecular weight is 622 g/mol. The van der Waals surface area contributed by atoms with Crippen LogP contribution in [0.1, 0.15) is 39.9 Å². The number of hydrogen-bond donors (Lipinski definition) is 1. The molecule has 200 valence electrons. The van der Waals surface area contributed by atoms with Gasteiger partial charge in [-0.15, -0.1) is 0 Å². The van der Waals surface area contributed by atoms with Crippen LogP contribution in [-0.2, 0) is 29.5 Å². The smallest absolute Gasteiger partial charge is 0.537 e. The standard InChI is InChI=1S/C24H21N2O2S.C9H11.Ru/c25-23(19-10-3-1-4-11-19)24(20-12-5-2-6-13-20)26-29(27,28)22-16-15-18-9-7-8-14-21(18)17-22;1-7-4-8(2)6-9(3)5-7;/h1-17,23-24H,25H2;4-5H,1-3H3;/q2*-1;+2. The van der Waals surface area contributed by atoms with Crippen molar-refractivity contribution in [1.82, 2.24) is 0 Å². The predicted octanol–water partition coefficient (Wildman–Crippen LogP) is 7.75. The molecule has 5 aromatic carbocycles. The van der Waals surface area contributed by atoms with E-state index in [1.54, 1.807) is 18.2 Å². The molecule has 0 fully saturated rings. The number of benzene rings is 5. The number of nitrogens with two attached hydrogens (primary N) is 1. The van der Waals surface area contributed by atoms with E-state index in [-0.39, 0.29) is 24.4 Å². The van der Waals surface area contributed by atoms with Crippen molar-refractivity contribution >= 4 is 20.8 Å². The minimum absolute atomic E-state index is 0. The summed E-state index contributed by atoms with van der Waals surface area (Å²) >= 11 is 0. The summed E-state index contributed by atoms with van der Waals surface area (Å²) in [5.74, 6) is 0. The zero-order chi connectivity index (χ0) is 27.1. The average Bonchev–Trinajstić information content (AvgIpc) is 2.91. The molecule has 0 aliphatic rings. The van der Waals surface area contributed by atoms with Crippen molar-refractivity contribution in [2.45, 2.75) is 37.8 Å². The SMILES string of the molecule is Cc1[c-]c(C)cc(C)c1.NC(c1ccccc1)C([N-]S(=O)(=O)c1ccc2ccccc2c1)c1ccccc1.[Ru+2]. The second-order valence-electron chi connectivity index (χ2n) is 9.41. The molecule has 0 amide bonds. The molecule has 0 aliphatic carbocycles. The van der Waals surface area contributed by atoms with Crippen molar-refractivity contribution in [2.24, 2.45) is 5.73 Å². The number of hydrogen-bond acceptors (Lipinski definition) is 3. The minimum atomic E-state index is -3.91. The number of sulfonamides is 1. The Labute approximate surface area is 245 Å². The maximum Gasteiger partial charge on any atom is 2.00 e. The maximum absolute atomic E-state index is 13.2. The first-order valence-corrected chi connectivity index (χ1v) is 14.0. The van der Waals surface area contributed by atoms with Gasteiger partial charge in [-0.25, -0.2) is 8.42 Å². The third-order valence-corrected chi connectivity index (χ3v) is 7.57. The Kier molecular flexibility index (Phi) is 10.7. The fourth-order valence-corrected chi connectivity index (χ4v) is 5.68. The number of fused-ring (bicyclic) bond motifs is 1. The van der Waals surface area contributed by atoms with E-state index in [1.807, 2.05) is 84.9 Å².